The lowest BCUT2D eigenvalue weighted by molar-refractivity contribution is 0.457. The summed E-state index contributed by atoms with van der Waals surface area (Å²) in [6.45, 7) is 0. The lowest BCUT2D eigenvalue weighted by Crippen LogP contribution is -1.73. The highest BCUT2D eigenvalue weighted by Crippen LogP contribution is 1.32. The van der Waals surface area contributed by atoms with Crippen LogP contribution in [0.5, 0.6) is 0 Å². The number of hydrogen-bond donors (Lipinski definition) is 0. The molecule has 1 nitrogen and oxygen atoms in total. The van der Waals surface area contributed by atoms with E-state index in [4.69, 9.17) is 0 Å². The Labute approximate surface area is 28.2 Å². The van der Waals surface area contributed by atoms with Gasteiger partial charge in [-0.15, -0.1) is 0 Å². The Kier molecular flexibility index (Phi) is 2.81. The van der Waals surface area contributed by atoms with Crippen molar-refractivity contribution in [2.24, 2.45) is 0 Å². The third-order valence-corrected chi connectivity index (χ3v) is 0.500. The molecule has 0 aromatic rings. The molecule has 0 bridgehead atoms. The molecule has 0 rings (SSSR count). The van der Waals surface area contributed by atoms with Crippen LogP contribution >= 0.6 is 0 Å². The van der Waals surface area contributed by atoms with E-state index in [2.05, 4.69) is 10.6 Å². The summed E-state index contributed by atoms with van der Waals surface area (Å²) >= 11 is 0. The van der Waals surface area contributed by atoms with E-state index in [-0.39, 0.29) is 9.38 Å². The van der Waals surface area contributed by atoms with Gasteiger partial charge in [-0.25, -0.2) is 0 Å². The molecule has 0 saturated heterocycles. The lowest BCUT2D eigenvalue weighted by atomic mass is 11.8. The first-order valence-electron chi connectivity index (χ1n) is 1.05. The molecule has 0 aromatic carbocycles. The van der Waals surface area contributed by atoms with Gasteiger partial charge in [-0.2, -0.15) is 0 Å². The highest BCUT2D eigenvalue weighted by Gasteiger charge is 1.39. The summed E-state index contributed by atoms with van der Waals surface area (Å²) < 4.78 is 4.51. The molecule has 0 spiro atoms. The fraction of sp³-hybridized carbons (Fsp3) is 0.500. The Balaban J connectivity index is 2.30. The quantitative estimate of drug-likeness (QED) is 0.378. The fourth-order valence-corrected chi connectivity index (χ4v) is 0. The lowest BCUT2D eigenvalue weighted by Gasteiger charge is -1.73. The maximum absolute atomic E-state index is 4.51. The van der Waals surface area contributed by atoms with Gasteiger partial charge in [0.15, 0.2) is 0 Å². The van der Waals surface area contributed by atoms with Crippen LogP contribution in [0.3, 0.4) is 0 Å². The van der Waals surface area contributed by atoms with Crippen LogP contribution < -0.4 is 0 Å². The van der Waals surface area contributed by atoms with E-state index in [1.807, 2.05) is 0 Å². The van der Waals surface area contributed by atoms with Crippen LogP contribution in [0.25, 0.3) is 0 Å². The maximum atomic E-state index is 4.51. The van der Waals surface area contributed by atoms with Crippen molar-refractivity contribution in [1.29, 1.82) is 0 Å². The third-order valence-electron chi connectivity index (χ3n) is 0.167. The summed E-state index contributed by atoms with van der Waals surface area (Å²) in [6.07, 6.45) is 3.47. The predicted molar refractivity (Wildman–Crippen MR) is 21.3 cm³/mol. The SMILES string of the molecule is C=[SiH]OC. The van der Waals surface area contributed by atoms with Gasteiger partial charge in [-0.3, -0.25) is 0 Å². The highest BCUT2D eigenvalue weighted by molar-refractivity contribution is 6.33. The first kappa shape index (κ1) is 3.89. The second-order valence-electron chi connectivity index (χ2n) is 0.402. The molecule has 0 amide bonds. The molecule has 0 aliphatic carbocycles. The molecule has 24 valence electrons. The van der Waals surface area contributed by atoms with E-state index < -0.39 is 0 Å². The number of hydrogen-bond acceptors (Lipinski definition) is 1. The normalized spacial score (nSPS) is 5.25. The van der Waals surface area contributed by atoms with Crippen LogP contribution in [0.4, 0.5) is 0 Å². The molecule has 0 N–H and O–H groups in total. The van der Waals surface area contributed by atoms with Gasteiger partial charge < -0.3 is 4.43 Å². The average Bonchev–Trinajstić information content (AvgIpc) is 1.37. The van der Waals surface area contributed by atoms with E-state index in [1.54, 1.807) is 7.11 Å². The molecule has 4 heavy (non-hydrogen) atoms. The van der Waals surface area contributed by atoms with Gasteiger partial charge in [0.2, 0.25) is 9.38 Å². The molecule has 0 aromatic heterocycles. The average molecular weight is 74.2 g/mol. The van der Waals surface area contributed by atoms with Crippen molar-refractivity contribution in [3.8, 4) is 0 Å². The molecule has 0 fully saturated rings. The Bertz CT molecular complexity index is 20.0. The molecule has 2 heteroatoms. The Morgan fingerprint density at radius 2 is 2.25 bits per heavy atom. The van der Waals surface area contributed by atoms with Gasteiger partial charge in [0, 0.05) is 0 Å². The van der Waals surface area contributed by atoms with Crippen LogP contribution in [0, 0.1) is 0 Å². The predicted octanol–water partition coefficient (Wildman–Crippen LogP) is -0.584. The summed E-state index contributed by atoms with van der Waals surface area (Å²) in [7, 11) is 1.69. The fourth-order valence-electron chi connectivity index (χ4n) is 0. The van der Waals surface area contributed by atoms with E-state index in [0.717, 1.165) is 0 Å². The molecule has 0 heterocycles. The summed E-state index contributed by atoms with van der Waals surface area (Å²) in [6, 6.07) is 0. The van der Waals surface area contributed by atoms with Crippen LogP contribution in [0.1, 0.15) is 0 Å². The topological polar surface area (TPSA) is 9.23 Å². The van der Waals surface area contributed by atoms with Gasteiger partial charge >= 0.3 is 0 Å². The molecule has 0 aliphatic rings. The monoisotopic (exact) mass is 74.0 g/mol. The largest absolute Gasteiger partial charge is 0.556 e. The molecular weight excluding hydrogens is 68.1 g/mol. The van der Waals surface area contributed by atoms with Crippen molar-refractivity contribution in [2.45, 2.75) is 0 Å². The smallest absolute Gasteiger partial charge is 0.207 e. The molecule has 0 aliphatic heterocycles. The maximum Gasteiger partial charge on any atom is 0.207 e. The van der Waals surface area contributed by atoms with Crippen molar-refractivity contribution in [1.82, 2.24) is 0 Å². The van der Waals surface area contributed by atoms with Crippen molar-refractivity contribution < 1.29 is 4.43 Å². The summed E-state index contributed by atoms with van der Waals surface area (Å²) in [5.74, 6) is 0. The van der Waals surface area contributed by atoms with Crippen LogP contribution in [-0.2, 0) is 4.43 Å². The van der Waals surface area contributed by atoms with Crippen molar-refractivity contribution in [3.63, 3.8) is 0 Å². The zero-order chi connectivity index (χ0) is 3.41. The molecule has 0 saturated carbocycles. The minimum Gasteiger partial charge on any atom is -0.556 e. The number of rotatable bonds is 1. The second-order valence-corrected chi connectivity index (χ2v) is 1.21. The summed E-state index contributed by atoms with van der Waals surface area (Å²) in [4.78, 5) is 0. The van der Waals surface area contributed by atoms with Gasteiger partial charge in [-0.05, 0) is 0 Å². The van der Waals surface area contributed by atoms with E-state index in [9.17, 15) is 0 Å². The van der Waals surface area contributed by atoms with Gasteiger partial charge in [-0.1, -0.05) is 6.17 Å². The van der Waals surface area contributed by atoms with Crippen molar-refractivity contribution in [2.75, 3.05) is 7.11 Å². The first-order valence-corrected chi connectivity index (χ1v) is 2.34. The Morgan fingerprint density at radius 3 is 2.25 bits per heavy atom. The highest BCUT2D eigenvalue weighted by atomic mass is 28.2. The zero-order valence-electron chi connectivity index (χ0n) is 2.69. The first-order chi connectivity index (χ1) is 1.91. The van der Waals surface area contributed by atoms with Gasteiger partial charge in [0.1, 0.15) is 0 Å². The Morgan fingerprint density at radius 1 is 2.00 bits per heavy atom. The summed E-state index contributed by atoms with van der Waals surface area (Å²) in [5.41, 5.74) is 0. The van der Waals surface area contributed by atoms with Crippen LogP contribution in [0.2, 0.25) is 0 Å². The zero-order valence-corrected chi connectivity index (χ0v) is 3.85. The molecular formula is C2H6OSi. The van der Waals surface area contributed by atoms with Gasteiger partial charge in [0.25, 0.3) is 0 Å². The molecule has 0 atom stereocenters. The van der Waals surface area contributed by atoms with Crippen molar-refractivity contribution in [3.05, 3.63) is 0 Å². The molecule has 0 radical (unpaired) electrons. The van der Waals surface area contributed by atoms with Crippen molar-refractivity contribution >= 4 is 15.6 Å². The van der Waals surface area contributed by atoms with E-state index in [1.165, 1.54) is 0 Å². The minimum absolute atomic E-state index is 0.0324. The van der Waals surface area contributed by atoms with E-state index >= 15 is 0 Å². The van der Waals surface area contributed by atoms with Gasteiger partial charge in [0.05, 0.1) is 7.11 Å². The van der Waals surface area contributed by atoms with Crippen LogP contribution in [-0.4, -0.2) is 22.7 Å². The van der Waals surface area contributed by atoms with E-state index in [0.29, 0.717) is 0 Å². The minimum atomic E-state index is 0.0324. The Hall–Kier alpha value is -0.113. The third kappa shape index (κ3) is 1.89. The summed E-state index contributed by atoms with van der Waals surface area (Å²) in [5, 5.41) is 0. The second kappa shape index (κ2) is 2.89. The molecule has 0 unspecified atom stereocenters. The van der Waals surface area contributed by atoms with Crippen LogP contribution in [0.15, 0.2) is 0 Å². The standard InChI is InChI=1S/C2H6OSi/c1-3-4-2/h4H,2H2,1H3.